The average Bonchev–Trinajstić information content (AvgIpc) is 3.10. The van der Waals surface area contributed by atoms with E-state index >= 15 is 0 Å². The summed E-state index contributed by atoms with van der Waals surface area (Å²) in [6, 6.07) is 5.72. The number of fused-ring (bicyclic) bond motifs is 2. The molecule has 0 saturated heterocycles. The Morgan fingerprint density at radius 3 is 3.00 bits per heavy atom. The second-order valence-electron chi connectivity index (χ2n) is 7.29. The summed E-state index contributed by atoms with van der Waals surface area (Å²) in [6.07, 6.45) is 3.56. The maximum atomic E-state index is 12.8. The Labute approximate surface area is 158 Å². The summed E-state index contributed by atoms with van der Waals surface area (Å²) in [5.41, 5.74) is 1.48. The largest absolute Gasteiger partial charge is 0.493 e. The van der Waals surface area contributed by atoms with Gasteiger partial charge in [0.1, 0.15) is 18.3 Å². The van der Waals surface area contributed by atoms with Crippen LogP contribution in [0.4, 0.5) is 0 Å². The van der Waals surface area contributed by atoms with Crippen LogP contribution in [0.25, 0.3) is 6.08 Å². The fraction of sp³-hybridized carbons (Fsp3) is 0.450. The predicted octanol–water partition coefficient (Wildman–Crippen LogP) is 2.32. The third-order valence-corrected chi connectivity index (χ3v) is 5.05. The van der Waals surface area contributed by atoms with Crippen LogP contribution in [-0.4, -0.2) is 40.4 Å². The van der Waals surface area contributed by atoms with Crippen molar-refractivity contribution >= 4 is 12.0 Å². The SMILES string of the molecule is COc1cccc2c1OCC(C(=O)N[C@@H]1CCc3nnc(C(C)C)n3C1)=C2. The summed E-state index contributed by atoms with van der Waals surface area (Å²) in [7, 11) is 1.61. The highest BCUT2D eigenvalue weighted by Crippen LogP contribution is 2.35. The Hall–Kier alpha value is -2.83. The van der Waals surface area contributed by atoms with E-state index in [1.54, 1.807) is 7.11 Å². The van der Waals surface area contributed by atoms with Gasteiger partial charge in [-0.05, 0) is 18.6 Å². The summed E-state index contributed by atoms with van der Waals surface area (Å²) in [5.74, 6) is 3.56. The molecule has 2 aromatic rings. The lowest BCUT2D eigenvalue weighted by Gasteiger charge is -2.27. The molecule has 1 N–H and O–H groups in total. The van der Waals surface area contributed by atoms with Crippen molar-refractivity contribution in [1.29, 1.82) is 0 Å². The number of aromatic nitrogens is 3. The van der Waals surface area contributed by atoms with Gasteiger partial charge in [0.2, 0.25) is 0 Å². The molecule has 1 aromatic heterocycles. The van der Waals surface area contributed by atoms with Gasteiger partial charge >= 0.3 is 0 Å². The van der Waals surface area contributed by atoms with Gasteiger partial charge in [-0.2, -0.15) is 0 Å². The van der Waals surface area contributed by atoms with E-state index in [9.17, 15) is 4.79 Å². The molecule has 0 saturated carbocycles. The van der Waals surface area contributed by atoms with Crippen molar-refractivity contribution in [1.82, 2.24) is 20.1 Å². The number of hydrogen-bond donors (Lipinski definition) is 1. The molecule has 1 atom stereocenters. The molecule has 7 nitrogen and oxygen atoms in total. The minimum Gasteiger partial charge on any atom is -0.493 e. The van der Waals surface area contributed by atoms with Crippen LogP contribution < -0.4 is 14.8 Å². The molecule has 27 heavy (non-hydrogen) atoms. The zero-order valence-electron chi connectivity index (χ0n) is 15.9. The summed E-state index contributed by atoms with van der Waals surface area (Å²) in [5, 5.41) is 11.7. The number of carbonyl (C=O) groups is 1. The van der Waals surface area contributed by atoms with Gasteiger partial charge in [-0.1, -0.05) is 26.0 Å². The van der Waals surface area contributed by atoms with Crippen molar-refractivity contribution in [2.75, 3.05) is 13.7 Å². The van der Waals surface area contributed by atoms with Crippen molar-refractivity contribution in [2.24, 2.45) is 0 Å². The number of carbonyl (C=O) groups excluding carboxylic acids is 1. The molecule has 7 heteroatoms. The Morgan fingerprint density at radius 2 is 2.22 bits per heavy atom. The number of amides is 1. The maximum Gasteiger partial charge on any atom is 0.250 e. The molecule has 0 aliphatic carbocycles. The van der Waals surface area contributed by atoms with E-state index in [1.165, 1.54) is 0 Å². The first-order valence-corrected chi connectivity index (χ1v) is 9.30. The lowest BCUT2D eigenvalue weighted by Crippen LogP contribution is -2.42. The van der Waals surface area contributed by atoms with E-state index in [0.29, 0.717) is 29.5 Å². The number of nitrogens with one attached hydrogen (secondary N) is 1. The van der Waals surface area contributed by atoms with Crippen LogP contribution >= 0.6 is 0 Å². The highest BCUT2D eigenvalue weighted by atomic mass is 16.5. The molecule has 4 rings (SSSR count). The number of nitrogens with zero attached hydrogens (tertiary/aromatic N) is 3. The quantitative estimate of drug-likeness (QED) is 0.896. The Balaban J connectivity index is 1.48. The molecule has 0 radical (unpaired) electrons. The van der Waals surface area contributed by atoms with Gasteiger partial charge in [-0.3, -0.25) is 4.79 Å². The summed E-state index contributed by atoms with van der Waals surface area (Å²) in [4.78, 5) is 12.8. The van der Waals surface area contributed by atoms with Gasteiger partial charge in [0.25, 0.3) is 5.91 Å². The number of hydrogen-bond acceptors (Lipinski definition) is 5. The summed E-state index contributed by atoms with van der Waals surface area (Å²) < 4.78 is 13.2. The lowest BCUT2D eigenvalue weighted by atomic mass is 10.0. The number of para-hydroxylation sites is 1. The van der Waals surface area contributed by atoms with Crippen LogP contribution in [-0.2, 0) is 17.8 Å². The first kappa shape index (κ1) is 17.6. The molecule has 2 aliphatic rings. The van der Waals surface area contributed by atoms with Crippen molar-refractivity contribution in [3.05, 3.63) is 41.0 Å². The summed E-state index contributed by atoms with van der Waals surface area (Å²) >= 11 is 0. The first-order valence-electron chi connectivity index (χ1n) is 9.30. The van der Waals surface area contributed by atoms with E-state index in [4.69, 9.17) is 9.47 Å². The minimum absolute atomic E-state index is 0.0612. The van der Waals surface area contributed by atoms with Gasteiger partial charge in [-0.15, -0.1) is 10.2 Å². The monoisotopic (exact) mass is 368 g/mol. The second kappa shape index (κ2) is 7.06. The van der Waals surface area contributed by atoms with Crippen molar-refractivity contribution < 1.29 is 14.3 Å². The number of ether oxygens (including phenoxy) is 2. The van der Waals surface area contributed by atoms with Gasteiger partial charge in [0, 0.05) is 30.5 Å². The molecule has 2 aliphatic heterocycles. The van der Waals surface area contributed by atoms with Crippen LogP contribution in [0.5, 0.6) is 11.5 Å². The fourth-order valence-electron chi connectivity index (χ4n) is 3.64. The van der Waals surface area contributed by atoms with E-state index in [2.05, 4.69) is 33.9 Å². The van der Waals surface area contributed by atoms with E-state index in [1.807, 2.05) is 24.3 Å². The Morgan fingerprint density at radius 1 is 1.37 bits per heavy atom. The molecule has 0 fully saturated rings. The fourth-order valence-corrected chi connectivity index (χ4v) is 3.64. The molecule has 0 unspecified atom stereocenters. The normalized spacial score (nSPS) is 18.2. The highest BCUT2D eigenvalue weighted by molar-refractivity contribution is 5.99. The van der Waals surface area contributed by atoms with Crippen LogP contribution in [0, 0.1) is 0 Å². The minimum atomic E-state index is -0.0870. The van der Waals surface area contributed by atoms with E-state index in [-0.39, 0.29) is 18.6 Å². The molecule has 0 spiro atoms. The first-order chi connectivity index (χ1) is 13.1. The zero-order valence-corrected chi connectivity index (χ0v) is 15.9. The predicted molar refractivity (Wildman–Crippen MR) is 101 cm³/mol. The Kier molecular flexibility index (Phi) is 4.59. The van der Waals surface area contributed by atoms with Crippen LogP contribution in [0.2, 0.25) is 0 Å². The third-order valence-electron chi connectivity index (χ3n) is 5.05. The smallest absolute Gasteiger partial charge is 0.250 e. The highest BCUT2D eigenvalue weighted by Gasteiger charge is 2.27. The van der Waals surface area contributed by atoms with Crippen LogP contribution in [0.3, 0.4) is 0 Å². The molecular weight excluding hydrogens is 344 g/mol. The van der Waals surface area contributed by atoms with Crippen LogP contribution in [0.1, 0.15) is 43.4 Å². The standard InChI is InChI=1S/C20H24N4O3/c1-12(2)19-23-22-17-8-7-15(10-24(17)19)21-20(25)14-9-13-5-4-6-16(26-3)18(13)27-11-14/h4-6,9,12,15H,7-8,10-11H2,1-3H3,(H,21,25)/t15-/m1/s1. The molecule has 1 amide bonds. The average molecular weight is 368 g/mol. The number of methoxy groups -OCH3 is 1. The van der Waals surface area contributed by atoms with E-state index < -0.39 is 0 Å². The number of rotatable bonds is 4. The second-order valence-corrected chi connectivity index (χ2v) is 7.29. The number of benzene rings is 1. The maximum absolute atomic E-state index is 12.8. The molecule has 142 valence electrons. The Bertz CT molecular complexity index is 901. The van der Waals surface area contributed by atoms with Crippen molar-refractivity contribution in [3.63, 3.8) is 0 Å². The van der Waals surface area contributed by atoms with E-state index in [0.717, 1.165) is 30.1 Å². The number of aryl methyl sites for hydroxylation is 1. The third kappa shape index (κ3) is 3.29. The summed E-state index contributed by atoms with van der Waals surface area (Å²) in [6.45, 7) is 5.16. The zero-order chi connectivity index (χ0) is 19.0. The lowest BCUT2D eigenvalue weighted by molar-refractivity contribution is -0.118. The topological polar surface area (TPSA) is 78.3 Å². The van der Waals surface area contributed by atoms with Crippen molar-refractivity contribution in [2.45, 2.75) is 45.2 Å². The van der Waals surface area contributed by atoms with Gasteiger partial charge in [-0.25, -0.2) is 0 Å². The van der Waals surface area contributed by atoms with Gasteiger partial charge in [0.15, 0.2) is 11.5 Å². The molecular formula is C20H24N4O3. The van der Waals surface area contributed by atoms with Gasteiger partial charge in [0.05, 0.1) is 12.7 Å². The molecule has 1 aromatic carbocycles. The van der Waals surface area contributed by atoms with Crippen molar-refractivity contribution in [3.8, 4) is 11.5 Å². The van der Waals surface area contributed by atoms with Gasteiger partial charge < -0.3 is 19.4 Å². The van der Waals surface area contributed by atoms with Crippen LogP contribution in [0.15, 0.2) is 23.8 Å². The molecule has 3 heterocycles. The molecule has 0 bridgehead atoms.